The van der Waals surface area contributed by atoms with Gasteiger partial charge in [-0.3, -0.25) is 4.90 Å². The number of nitrogens with one attached hydrogen (secondary N) is 1. The highest BCUT2D eigenvalue weighted by atomic mass is 32.1. The highest BCUT2D eigenvalue weighted by molar-refractivity contribution is 7.15. The number of aromatic nitrogens is 1. The molecular weight excluding hydrogens is 256 g/mol. The van der Waals surface area contributed by atoms with Gasteiger partial charge in [-0.25, -0.2) is 4.98 Å². The number of thiazole rings is 1. The van der Waals surface area contributed by atoms with Gasteiger partial charge in [-0.05, 0) is 40.3 Å². The standard InChI is InChI=1S/C14H24N4S/c1-10(15-3)13-11(2)16-14(19-13)18-8-7-17-6-4-5-12(17)9-18/h10,12,15H,4-9H2,1-3H3. The number of rotatable bonds is 3. The molecule has 0 saturated carbocycles. The van der Waals surface area contributed by atoms with Crippen molar-refractivity contribution in [3.05, 3.63) is 10.6 Å². The molecule has 3 heterocycles. The lowest BCUT2D eigenvalue weighted by atomic mass is 10.2. The molecule has 0 aliphatic carbocycles. The highest BCUT2D eigenvalue weighted by Gasteiger charge is 2.31. The largest absolute Gasteiger partial charge is 0.345 e. The third-order valence-corrected chi connectivity index (χ3v) is 5.91. The minimum atomic E-state index is 0.402. The van der Waals surface area contributed by atoms with Crippen molar-refractivity contribution in [1.82, 2.24) is 15.2 Å². The highest BCUT2D eigenvalue weighted by Crippen LogP contribution is 2.33. The molecule has 1 aromatic heterocycles. The van der Waals surface area contributed by atoms with E-state index < -0.39 is 0 Å². The lowest BCUT2D eigenvalue weighted by Gasteiger charge is -2.37. The number of hydrogen-bond donors (Lipinski definition) is 1. The van der Waals surface area contributed by atoms with Crippen molar-refractivity contribution in [2.24, 2.45) is 0 Å². The molecule has 2 aliphatic rings. The molecule has 2 aliphatic heterocycles. The third-order valence-electron chi connectivity index (χ3n) is 4.51. The number of fused-ring (bicyclic) bond motifs is 1. The summed E-state index contributed by atoms with van der Waals surface area (Å²) in [4.78, 5) is 11.3. The Morgan fingerprint density at radius 1 is 1.37 bits per heavy atom. The molecule has 2 saturated heterocycles. The van der Waals surface area contributed by atoms with Gasteiger partial charge in [0, 0.05) is 36.6 Å². The average molecular weight is 280 g/mol. The first kappa shape index (κ1) is 13.3. The van der Waals surface area contributed by atoms with Gasteiger partial charge in [0.05, 0.1) is 5.69 Å². The van der Waals surface area contributed by atoms with Gasteiger partial charge in [0.15, 0.2) is 5.13 Å². The zero-order valence-corrected chi connectivity index (χ0v) is 13.0. The van der Waals surface area contributed by atoms with Crippen molar-refractivity contribution in [2.75, 3.05) is 38.1 Å². The number of nitrogens with zero attached hydrogens (tertiary/aromatic N) is 3. The summed E-state index contributed by atoms with van der Waals surface area (Å²) in [5.74, 6) is 0. The molecule has 0 spiro atoms. The minimum absolute atomic E-state index is 0.402. The summed E-state index contributed by atoms with van der Waals surface area (Å²) in [6, 6.07) is 1.17. The van der Waals surface area contributed by atoms with Gasteiger partial charge in [-0.1, -0.05) is 0 Å². The van der Waals surface area contributed by atoms with Crippen LogP contribution in [0.4, 0.5) is 5.13 Å². The van der Waals surface area contributed by atoms with Crippen LogP contribution in [0.2, 0.25) is 0 Å². The van der Waals surface area contributed by atoms with E-state index in [-0.39, 0.29) is 0 Å². The molecule has 0 amide bonds. The van der Waals surface area contributed by atoms with E-state index in [1.54, 1.807) is 0 Å². The van der Waals surface area contributed by atoms with E-state index in [0.717, 1.165) is 12.6 Å². The number of piperazine rings is 1. The summed E-state index contributed by atoms with van der Waals surface area (Å²) in [5, 5.41) is 4.54. The fourth-order valence-electron chi connectivity index (χ4n) is 3.23. The Morgan fingerprint density at radius 2 is 2.21 bits per heavy atom. The summed E-state index contributed by atoms with van der Waals surface area (Å²) in [6.07, 6.45) is 2.73. The second kappa shape index (κ2) is 5.38. The maximum Gasteiger partial charge on any atom is 0.185 e. The second-order valence-corrected chi connectivity index (χ2v) is 6.74. The van der Waals surface area contributed by atoms with E-state index in [4.69, 9.17) is 4.98 Å². The zero-order valence-electron chi connectivity index (χ0n) is 12.1. The SMILES string of the molecule is CNC(C)c1sc(N2CCN3CCCC3C2)nc1C. The van der Waals surface area contributed by atoms with Gasteiger partial charge in [0.1, 0.15) is 0 Å². The van der Waals surface area contributed by atoms with Crippen LogP contribution in [-0.2, 0) is 0 Å². The molecular formula is C14H24N4S. The van der Waals surface area contributed by atoms with Crippen LogP contribution < -0.4 is 10.2 Å². The normalized spacial score (nSPS) is 25.6. The molecule has 2 unspecified atom stereocenters. The topological polar surface area (TPSA) is 31.4 Å². The maximum absolute atomic E-state index is 4.80. The second-order valence-electron chi connectivity index (χ2n) is 5.73. The van der Waals surface area contributed by atoms with Gasteiger partial charge < -0.3 is 10.2 Å². The molecule has 4 nitrogen and oxygen atoms in total. The number of aryl methyl sites for hydroxylation is 1. The van der Waals surface area contributed by atoms with Crippen molar-refractivity contribution < 1.29 is 0 Å². The van der Waals surface area contributed by atoms with Gasteiger partial charge in [0.2, 0.25) is 0 Å². The summed E-state index contributed by atoms with van der Waals surface area (Å²) in [6.45, 7) is 9.16. The van der Waals surface area contributed by atoms with E-state index in [1.807, 2.05) is 18.4 Å². The lowest BCUT2D eigenvalue weighted by Crippen LogP contribution is -2.50. The Labute approximate surface area is 119 Å². The molecule has 3 rings (SSSR count). The van der Waals surface area contributed by atoms with E-state index in [2.05, 4.69) is 29.0 Å². The molecule has 0 aromatic carbocycles. The summed E-state index contributed by atoms with van der Waals surface area (Å²) >= 11 is 1.87. The quantitative estimate of drug-likeness (QED) is 0.918. The van der Waals surface area contributed by atoms with E-state index >= 15 is 0 Å². The first-order valence-electron chi connectivity index (χ1n) is 7.32. The fraction of sp³-hybridized carbons (Fsp3) is 0.786. The van der Waals surface area contributed by atoms with Crippen molar-refractivity contribution in [1.29, 1.82) is 0 Å². The van der Waals surface area contributed by atoms with Crippen molar-refractivity contribution >= 4 is 16.5 Å². The number of hydrogen-bond acceptors (Lipinski definition) is 5. The van der Waals surface area contributed by atoms with Crippen LogP contribution in [0.1, 0.15) is 36.4 Å². The summed E-state index contributed by atoms with van der Waals surface area (Å²) < 4.78 is 0. The predicted molar refractivity (Wildman–Crippen MR) is 81.1 cm³/mol. The molecule has 5 heteroatoms. The molecule has 2 fully saturated rings. The predicted octanol–water partition coefficient (Wildman–Crippen LogP) is 2.02. The van der Waals surface area contributed by atoms with Crippen LogP contribution in [0.15, 0.2) is 0 Å². The van der Waals surface area contributed by atoms with Crippen LogP contribution in [-0.4, -0.2) is 49.2 Å². The van der Waals surface area contributed by atoms with Crippen LogP contribution in [0.5, 0.6) is 0 Å². The maximum atomic E-state index is 4.80. The Bertz CT molecular complexity index is 445. The Morgan fingerprint density at radius 3 is 3.00 bits per heavy atom. The lowest BCUT2D eigenvalue weighted by molar-refractivity contribution is 0.231. The number of anilines is 1. The van der Waals surface area contributed by atoms with E-state index in [9.17, 15) is 0 Å². The van der Waals surface area contributed by atoms with Gasteiger partial charge in [0.25, 0.3) is 0 Å². The molecule has 106 valence electrons. The molecule has 1 aromatic rings. The van der Waals surface area contributed by atoms with Crippen LogP contribution in [0.25, 0.3) is 0 Å². The van der Waals surface area contributed by atoms with Crippen LogP contribution in [0.3, 0.4) is 0 Å². The van der Waals surface area contributed by atoms with Crippen molar-refractivity contribution in [2.45, 2.75) is 38.8 Å². The Hall–Kier alpha value is -0.650. The van der Waals surface area contributed by atoms with Crippen molar-refractivity contribution in [3.63, 3.8) is 0 Å². The summed E-state index contributed by atoms with van der Waals surface area (Å²) in [7, 11) is 2.01. The first-order chi connectivity index (χ1) is 9.19. The van der Waals surface area contributed by atoms with Gasteiger partial charge in [-0.15, -0.1) is 11.3 Å². The van der Waals surface area contributed by atoms with Gasteiger partial charge in [-0.2, -0.15) is 0 Å². The van der Waals surface area contributed by atoms with E-state index in [0.29, 0.717) is 6.04 Å². The third kappa shape index (κ3) is 2.51. The van der Waals surface area contributed by atoms with E-state index in [1.165, 1.54) is 48.2 Å². The fourth-order valence-corrected chi connectivity index (χ4v) is 4.39. The average Bonchev–Trinajstić information content (AvgIpc) is 3.03. The molecule has 0 radical (unpaired) electrons. The molecule has 0 bridgehead atoms. The molecule has 2 atom stereocenters. The smallest absolute Gasteiger partial charge is 0.185 e. The monoisotopic (exact) mass is 280 g/mol. The summed E-state index contributed by atoms with van der Waals surface area (Å²) in [5.41, 5.74) is 1.19. The molecule has 19 heavy (non-hydrogen) atoms. The Balaban J connectivity index is 1.75. The first-order valence-corrected chi connectivity index (χ1v) is 8.14. The van der Waals surface area contributed by atoms with Crippen molar-refractivity contribution in [3.8, 4) is 0 Å². The van der Waals surface area contributed by atoms with Gasteiger partial charge >= 0.3 is 0 Å². The molecule has 1 N–H and O–H groups in total. The van der Waals surface area contributed by atoms with Crippen LogP contribution >= 0.6 is 11.3 Å². The van der Waals surface area contributed by atoms with Crippen LogP contribution in [0, 0.1) is 6.92 Å². The zero-order chi connectivity index (χ0) is 13.4. The minimum Gasteiger partial charge on any atom is -0.345 e. The Kier molecular flexibility index (Phi) is 3.78.